The minimum absolute atomic E-state index is 0.150. The highest BCUT2D eigenvalue weighted by molar-refractivity contribution is 6.58. The van der Waals surface area contributed by atoms with Crippen LogP contribution in [-0.4, -0.2) is 24.2 Å². The van der Waals surface area contributed by atoms with Crippen LogP contribution in [0.2, 0.25) is 0 Å². The number of ether oxygens (including phenoxy) is 1. The van der Waals surface area contributed by atoms with Gasteiger partial charge in [0.15, 0.2) is 0 Å². The molecule has 0 unspecified atom stereocenters. The molecule has 1 aromatic carbocycles. The Morgan fingerprint density at radius 2 is 2.21 bits per heavy atom. The second-order valence-corrected chi connectivity index (χ2v) is 3.59. The highest BCUT2D eigenvalue weighted by Crippen LogP contribution is 2.40. The summed E-state index contributed by atoms with van der Waals surface area (Å²) in [6, 6.07) is 4.66. The summed E-state index contributed by atoms with van der Waals surface area (Å²) in [7, 11) is -4.15. The van der Waals surface area contributed by atoms with E-state index in [1.54, 1.807) is 12.1 Å². The molecule has 0 atom stereocenters. The summed E-state index contributed by atoms with van der Waals surface area (Å²) in [5, 5.41) is 18.3. The molecule has 3 nitrogen and oxygen atoms in total. The van der Waals surface area contributed by atoms with Crippen molar-refractivity contribution in [2.75, 3.05) is 7.04 Å². The molecule has 14 heavy (non-hydrogen) atoms. The Bertz CT molecular complexity index is 395. The van der Waals surface area contributed by atoms with Crippen LogP contribution in [0.25, 0.3) is 0 Å². The zero-order valence-corrected chi connectivity index (χ0v) is 7.60. The van der Waals surface area contributed by atoms with Gasteiger partial charge in [-0.2, -0.15) is 0 Å². The summed E-state index contributed by atoms with van der Waals surface area (Å²) in [6.45, 7) is 0. The van der Waals surface area contributed by atoms with E-state index in [4.69, 9.17) is 18.9 Å². The molecule has 1 saturated carbocycles. The first-order chi connectivity index (χ1) is 7.85. The van der Waals surface area contributed by atoms with E-state index in [0.717, 1.165) is 18.4 Å². The van der Waals surface area contributed by atoms with Crippen molar-refractivity contribution in [1.29, 1.82) is 0 Å². The Labute approximate surface area is 87.7 Å². The molecule has 2 N–H and O–H groups in total. The van der Waals surface area contributed by atoms with Gasteiger partial charge in [-0.1, -0.05) is 6.07 Å². The van der Waals surface area contributed by atoms with Gasteiger partial charge in [0.2, 0.25) is 0 Å². The number of rotatable bonds is 3. The molecule has 1 aromatic rings. The van der Waals surface area contributed by atoms with Crippen molar-refractivity contribution in [3.63, 3.8) is 0 Å². The van der Waals surface area contributed by atoms with Gasteiger partial charge in [0, 0.05) is 0 Å². The lowest BCUT2D eigenvalue weighted by Gasteiger charge is -2.07. The molecule has 0 aromatic heterocycles. The van der Waals surface area contributed by atoms with E-state index < -0.39 is 14.2 Å². The molecule has 0 aliphatic heterocycles. The van der Waals surface area contributed by atoms with E-state index in [1.807, 2.05) is 0 Å². The Kier molecular flexibility index (Phi) is 1.68. The summed E-state index contributed by atoms with van der Waals surface area (Å²) in [5.41, 5.74) is 1.16. The Morgan fingerprint density at radius 3 is 2.79 bits per heavy atom. The first kappa shape index (κ1) is 6.48. The van der Waals surface area contributed by atoms with Gasteiger partial charge in [0.05, 0.1) is 11.2 Å². The van der Waals surface area contributed by atoms with E-state index in [9.17, 15) is 0 Å². The second kappa shape index (κ2) is 3.63. The van der Waals surface area contributed by atoms with Crippen molar-refractivity contribution >= 4 is 12.6 Å². The van der Waals surface area contributed by atoms with Crippen molar-refractivity contribution in [3.8, 4) is 5.75 Å². The maximum atomic E-state index is 9.13. The molecule has 4 heteroatoms. The first-order valence-electron chi connectivity index (χ1n) is 6.05. The van der Waals surface area contributed by atoms with E-state index in [0.29, 0.717) is 5.92 Å². The van der Waals surface area contributed by atoms with Gasteiger partial charge >= 0.3 is 7.12 Å². The van der Waals surface area contributed by atoms with Crippen LogP contribution in [-0.2, 0) is 0 Å². The maximum Gasteiger partial charge on any atom is 0.488 e. The number of hydrogen-bond donors (Lipinski definition) is 2. The minimum Gasteiger partial charge on any atom is -0.497 e. The molecule has 0 bridgehead atoms. The normalized spacial score (nSPS) is 19.4. The third kappa shape index (κ3) is 1.91. The quantitative estimate of drug-likeness (QED) is 0.679. The first-order valence-corrected chi connectivity index (χ1v) is 4.55. The SMILES string of the molecule is [2H]C([2H])([2H])Oc1cc(B(O)O)cc(C2CC2)c1. The molecule has 1 fully saturated rings. The minimum atomic E-state index is -2.53. The molecule has 74 valence electrons. The largest absolute Gasteiger partial charge is 0.497 e. The summed E-state index contributed by atoms with van der Waals surface area (Å²) < 4.78 is 25.9. The van der Waals surface area contributed by atoms with Crippen LogP contribution in [0.15, 0.2) is 18.2 Å². The monoisotopic (exact) mass is 195 g/mol. The third-order valence-corrected chi connectivity index (χ3v) is 2.42. The highest BCUT2D eigenvalue weighted by atomic mass is 16.5. The summed E-state index contributed by atoms with van der Waals surface area (Å²) >= 11 is 0. The average Bonchev–Trinajstić information content (AvgIpc) is 2.97. The van der Waals surface area contributed by atoms with Gasteiger partial charge < -0.3 is 14.8 Å². The molecule has 0 saturated heterocycles. The fourth-order valence-corrected chi connectivity index (χ4v) is 1.51. The van der Waals surface area contributed by atoms with E-state index in [2.05, 4.69) is 0 Å². The fraction of sp³-hybridized carbons (Fsp3) is 0.400. The van der Waals surface area contributed by atoms with Gasteiger partial charge in [-0.25, -0.2) is 0 Å². The van der Waals surface area contributed by atoms with Gasteiger partial charge in [-0.3, -0.25) is 0 Å². The Hall–Kier alpha value is -0.995. The van der Waals surface area contributed by atoms with Gasteiger partial charge in [0.25, 0.3) is 0 Å². The molecule has 0 heterocycles. The molecule has 1 aliphatic rings. The molecule has 2 rings (SSSR count). The van der Waals surface area contributed by atoms with Crippen molar-refractivity contribution in [1.82, 2.24) is 0 Å². The van der Waals surface area contributed by atoms with E-state index in [1.165, 1.54) is 6.07 Å². The van der Waals surface area contributed by atoms with Crippen LogP contribution in [0.3, 0.4) is 0 Å². The molecule has 0 amide bonds. The van der Waals surface area contributed by atoms with Crippen molar-refractivity contribution in [2.24, 2.45) is 0 Å². The highest BCUT2D eigenvalue weighted by Gasteiger charge is 2.25. The topological polar surface area (TPSA) is 49.7 Å². The average molecular weight is 195 g/mol. The number of hydrogen-bond acceptors (Lipinski definition) is 3. The molecule has 0 radical (unpaired) electrons. The van der Waals surface area contributed by atoms with Crippen LogP contribution < -0.4 is 10.2 Å². The fourth-order valence-electron chi connectivity index (χ4n) is 1.51. The van der Waals surface area contributed by atoms with Crippen LogP contribution in [0.5, 0.6) is 5.75 Å². The zero-order chi connectivity index (χ0) is 12.6. The lowest BCUT2D eigenvalue weighted by Crippen LogP contribution is -2.30. The second-order valence-electron chi connectivity index (χ2n) is 3.59. The van der Waals surface area contributed by atoms with Crippen molar-refractivity contribution in [2.45, 2.75) is 18.8 Å². The van der Waals surface area contributed by atoms with Crippen LogP contribution in [0.1, 0.15) is 28.4 Å². The van der Waals surface area contributed by atoms with Crippen LogP contribution in [0, 0.1) is 0 Å². The Morgan fingerprint density at radius 1 is 1.43 bits per heavy atom. The smallest absolute Gasteiger partial charge is 0.488 e. The molecular formula is C10H13BO3. The molecular weight excluding hydrogens is 179 g/mol. The van der Waals surface area contributed by atoms with E-state index in [-0.39, 0.29) is 11.2 Å². The maximum absolute atomic E-state index is 9.13. The third-order valence-electron chi connectivity index (χ3n) is 2.42. The lowest BCUT2D eigenvalue weighted by atomic mass is 9.79. The zero-order valence-electron chi connectivity index (χ0n) is 10.6. The number of benzene rings is 1. The van der Waals surface area contributed by atoms with Gasteiger partial charge in [-0.15, -0.1) is 0 Å². The van der Waals surface area contributed by atoms with Crippen LogP contribution >= 0.6 is 0 Å². The summed E-state index contributed by atoms with van der Waals surface area (Å²) in [4.78, 5) is 0. The summed E-state index contributed by atoms with van der Waals surface area (Å²) in [5.74, 6) is 0.533. The molecule has 0 spiro atoms. The van der Waals surface area contributed by atoms with Crippen LogP contribution in [0.4, 0.5) is 0 Å². The number of methoxy groups -OCH3 is 1. The van der Waals surface area contributed by atoms with E-state index >= 15 is 0 Å². The van der Waals surface area contributed by atoms with Crippen molar-refractivity contribution in [3.05, 3.63) is 23.8 Å². The van der Waals surface area contributed by atoms with Gasteiger partial charge in [-0.05, 0) is 41.9 Å². The lowest BCUT2D eigenvalue weighted by molar-refractivity contribution is 0.411. The predicted molar refractivity (Wildman–Crippen MR) is 54.8 cm³/mol. The molecule has 1 aliphatic carbocycles. The Balaban J connectivity index is 2.30. The van der Waals surface area contributed by atoms with Crippen molar-refractivity contribution < 1.29 is 18.9 Å². The standard InChI is InChI=1S/C10H13BO3/c1-14-10-5-8(7-2-3-7)4-9(6-10)11(12)13/h4-7,12-13H,2-3H2,1H3/i1D3. The van der Waals surface area contributed by atoms with Gasteiger partial charge in [0.1, 0.15) is 5.75 Å². The summed E-state index contributed by atoms with van der Waals surface area (Å²) in [6.07, 6.45) is 2.08. The predicted octanol–water partition coefficient (Wildman–Crippen LogP) is 0.252.